The van der Waals surface area contributed by atoms with Gasteiger partial charge >= 0.3 is 0 Å². The highest BCUT2D eigenvalue weighted by molar-refractivity contribution is 5.82. The average Bonchev–Trinajstić information content (AvgIpc) is 2.67. The summed E-state index contributed by atoms with van der Waals surface area (Å²) >= 11 is 0. The highest BCUT2D eigenvalue weighted by Crippen LogP contribution is 2.24. The monoisotopic (exact) mass is 382 g/mol. The van der Waals surface area contributed by atoms with Gasteiger partial charge in [0.1, 0.15) is 23.3 Å². The lowest BCUT2D eigenvalue weighted by Crippen LogP contribution is -2.39. The molecule has 144 valence electrons. The van der Waals surface area contributed by atoms with Gasteiger partial charge in [0.25, 0.3) is 5.91 Å². The lowest BCUT2D eigenvalue weighted by molar-refractivity contribution is -0.304. The number of amides is 1. The van der Waals surface area contributed by atoms with E-state index < -0.39 is 25.0 Å². The molecule has 0 aliphatic rings. The van der Waals surface area contributed by atoms with E-state index in [0.717, 1.165) is 5.56 Å². The molecule has 0 aliphatic carbocycles. The normalized spacial score (nSPS) is 10.5. The Kier molecular flexibility index (Phi) is 5.59. The van der Waals surface area contributed by atoms with Crippen molar-refractivity contribution in [2.24, 2.45) is 0 Å². The fourth-order valence-electron chi connectivity index (χ4n) is 2.43. The smallest absolute Gasteiger partial charge is 0.258 e. The number of aryl methyl sites for hydroxylation is 1. The molecule has 0 saturated carbocycles. The second-order valence-corrected chi connectivity index (χ2v) is 5.94. The third-order valence-corrected chi connectivity index (χ3v) is 3.73. The number of ether oxygens (including phenoxy) is 2. The fourth-order valence-corrected chi connectivity index (χ4v) is 2.43. The standard InChI is InChI=1S/C20H17NO7/c1-12-3-2-4-14(7-12)28-17-10-27-16-8-13(5-6-15(16)20(17)25)26-11-18(22)21-9-19(23)24/h2-8,10H,9,11H2,1H3,(H,21,22)(H,23,24)/p-1. The Balaban J connectivity index is 1.74. The van der Waals surface area contributed by atoms with Crippen LogP contribution in [-0.2, 0) is 9.59 Å². The molecule has 0 aliphatic heterocycles. The van der Waals surface area contributed by atoms with Crippen LogP contribution in [0.3, 0.4) is 0 Å². The summed E-state index contributed by atoms with van der Waals surface area (Å²) in [5.41, 5.74) is 0.906. The number of carboxylic acids is 1. The summed E-state index contributed by atoms with van der Waals surface area (Å²) in [6.45, 7) is 0.923. The Morgan fingerprint density at radius 2 is 1.96 bits per heavy atom. The molecule has 0 saturated heterocycles. The topological polar surface area (TPSA) is 118 Å². The van der Waals surface area contributed by atoms with Crippen LogP contribution in [0.5, 0.6) is 17.2 Å². The molecule has 28 heavy (non-hydrogen) atoms. The SMILES string of the molecule is Cc1cccc(Oc2coc3cc(OCC(=O)NCC(=O)[O-])ccc3c2=O)c1. The van der Waals surface area contributed by atoms with Crippen LogP contribution in [-0.4, -0.2) is 25.0 Å². The van der Waals surface area contributed by atoms with Crippen LogP contribution in [0.25, 0.3) is 11.0 Å². The Labute approximate surface area is 159 Å². The summed E-state index contributed by atoms with van der Waals surface area (Å²) in [6, 6.07) is 11.7. The molecule has 3 rings (SSSR count). The van der Waals surface area contributed by atoms with Gasteiger partial charge in [0, 0.05) is 6.07 Å². The average molecular weight is 382 g/mol. The maximum atomic E-state index is 12.6. The zero-order chi connectivity index (χ0) is 20.1. The lowest BCUT2D eigenvalue weighted by atomic mass is 10.2. The number of carbonyl (C=O) groups excluding carboxylic acids is 2. The molecule has 3 aromatic rings. The number of nitrogens with one attached hydrogen (secondary N) is 1. The number of hydrogen-bond acceptors (Lipinski definition) is 7. The van der Waals surface area contributed by atoms with Crippen LogP contribution in [0.4, 0.5) is 0 Å². The van der Waals surface area contributed by atoms with E-state index in [9.17, 15) is 19.5 Å². The summed E-state index contributed by atoms with van der Waals surface area (Å²) in [7, 11) is 0. The van der Waals surface area contributed by atoms with Crippen LogP contribution in [0.15, 0.2) is 57.9 Å². The molecule has 1 heterocycles. The Morgan fingerprint density at radius 1 is 1.14 bits per heavy atom. The molecule has 0 fully saturated rings. The summed E-state index contributed by atoms with van der Waals surface area (Å²) in [4.78, 5) is 34.4. The maximum Gasteiger partial charge on any atom is 0.258 e. The van der Waals surface area contributed by atoms with E-state index in [2.05, 4.69) is 5.32 Å². The first-order chi connectivity index (χ1) is 13.4. The largest absolute Gasteiger partial charge is 0.548 e. The lowest BCUT2D eigenvalue weighted by Gasteiger charge is -2.09. The molecular weight excluding hydrogens is 366 g/mol. The van der Waals surface area contributed by atoms with Crippen molar-refractivity contribution >= 4 is 22.8 Å². The molecule has 2 aromatic carbocycles. The van der Waals surface area contributed by atoms with Crippen molar-refractivity contribution in [1.82, 2.24) is 5.32 Å². The number of aliphatic carboxylic acids is 1. The van der Waals surface area contributed by atoms with Crippen LogP contribution >= 0.6 is 0 Å². The molecule has 1 N–H and O–H groups in total. The highest BCUT2D eigenvalue weighted by Gasteiger charge is 2.11. The van der Waals surface area contributed by atoms with E-state index in [1.54, 1.807) is 12.1 Å². The first kappa shape index (κ1) is 19.0. The van der Waals surface area contributed by atoms with Crippen molar-refractivity contribution in [2.75, 3.05) is 13.2 Å². The van der Waals surface area contributed by atoms with Crippen molar-refractivity contribution in [3.05, 3.63) is 64.5 Å². The molecule has 0 atom stereocenters. The molecule has 0 radical (unpaired) electrons. The summed E-state index contributed by atoms with van der Waals surface area (Å²) in [6.07, 6.45) is 1.21. The third kappa shape index (κ3) is 4.67. The summed E-state index contributed by atoms with van der Waals surface area (Å²) in [5, 5.41) is 12.7. The number of carboxylic acid groups (broad SMARTS) is 1. The molecule has 0 bridgehead atoms. The van der Waals surface area contributed by atoms with E-state index in [1.165, 1.54) is 24.5 Å². The number of hydrogen-bond donors (Lipinski definition) is 1. The molecule has 1 amide bonds. The van der Waals surface area contributed by atoms with Gasteiger partial charge in [-0.1, -0.05) is 12.1 Å². The molecule has 8 nitrogen and oxygen atoms in total. The number of fused-ring (bicyclic) bond motifs is 1. The Morgan fingerprint density at radius 3 is 2.71 bits per heavy atom. The third-order valence-electron chi connectivity index (χ3n) is 3.73. The van der Waals surface area contributed by atoms with Crippen LogP contribution in [0, 0.1) is 6.92 Å². The quantitative estimate of drug-likeness (QED) is 0.651. The minimum atomic E-state index is -1.40. The van der Waals surface area contributed by atoms with Gasteiger partial charge in [0.05, 0.1) is 17.9 Å². The number of benzene rings is 2. The van der Waals surface area contributed by atoms with Crippen molar-refractivity contribution in [2.45, 2.75) is 6.92 Å². The van der Waals surface area contributed by atoms with Crippen LogP contribution in [0.2, 0.25) is 0 Å². The highest BCUT2D eigenvalue weighted by atomic mass is 16.5. The second-order valence-electron chi connectivity index (χ2n) is 5.94. The second kappa shape index (κ2) is 8.26. The first-order valence-electron chi connectivity index (χ1n) is 8.32. The van der Waals surface area contributed by atoms with E-state index in [0.29, 0.717) is 11.1 Å². The van der Waals surface area contributed by atoms with Crippen LogP contribution in [0.1, 0.15) is 5.56 Å². The molecule has 1 aromatic heterocycles. The van der Waals surface area contributed by atoms with Gasteiger partial charge in [-0.3, -0.25) is 9.59 Å². The fraction of sp³-hybridized carbons (Fsp3) is 0.150. The molecular formula is C20H16NO7-. The maximum absolute atomic E-state index is 12.6. The summed E-state index contributed by atoms with van der Waals surface area (Å²) in [5.74, 6) is -1.16. The van der Waals surface area contributed by atoms with E-state index in [1.807, 2.05) is 19.1 Å². The van der Waals surface area contributed by atoms with Gasteiger partial charge < -0.3 is 29.1 Å². The first-order valence-corrected chi connectivity index (χ1v) is 8.32. The number of carbonyl (C=O) groups is 2. The minimum absolute atomic E-state index is 0.0495. The number of rotatable bonds is 7. The molecule has 8 heteroatoms. The Bertz CT molecular complexity index is 1090. The van der Waals surface area contributed by atoms with Gasteiger partial charge in [-0.05, 0) is 36.8 Å². The predicted molar refractivity (Wildman–Crippen MR) is 97.2 cm³/mol. The zero-order valence-electron chi connectivity index (χ0n) is 14.9. The molecule has 0 spiro atoms. The van der Waals surface area contributed by atoms with Crippen molar-refractivity contribution in [3.63, 3.8) is 0 Å². The molecule has 0 unspecified atom stereocenters. The van der Waals surface area contributed by atoms with Crippen LogP contribution < -0.4 is 25.3 Å². The van der Waals surface area contributed by atoms with Crippen molar-refractivity contribution in [3.8, 4) is 17.2 Å². The van der Waals surface area contributed by atoms with Crippen molar-refractivity contribution in [1.29, 1.82) is 0 Å². The van der Waals surface area contributed by atoms with Gasteiger partial charge in [-0.25, -0.2) is 0 Å². The van der Waals surface area contributed by atoms with E-state index >= 15 is 0 Å². The van der Waals surface area contributed by atoms with E-state index in [4.69, 9.17) is 13.9 Å². The Hall–Kier alpha value is -3.81. The van der Waals surface area contributed by atoms with Gasteiger partial charge in [0.15, 0.2) is 6.61 Å². The van der Waals surface area contributed by atoms with Gasteiger partial charge in [-0.15, -0.1) is 0 Å². The zero-order valence-corrected chi connectivity index (χ0v) is 14.9. The predicted octanol–water partition coefficient (Wildman–Crippen LogP) is 1.14. The van der Waals surface area contributed by atoms with Crippen molar-refractivity contribution < 1.29 is 28.6 Å². The van der Waals surface area contributed by atoms with E-state index in [-0.39, 0.29) is 22.5 Å². The minimum Gasteiger partial charge on any atom is -0.548 e. The van der Waals surface area contributed by atoms with Gasteiger partial charge in [0.2, 0.25) is 11.2 Å². The summed E-state index contributed by atoms with van der Waals surface area (Å²) < 4.78 is 16.3. The van der Waals surface area contributed by atoms with Gasteiger partial charge in [-0.2, -0.15) is 0 Å².